The third kappa shape index (κ3) is 4.37. The fraction of sp³-hybridized carbons (Fsp3) is 0.182. The van der Waals surface area contributed by atoms with Crippen LogP contribution in [0.5, 0.6) is 0 Å². The maximum Gasteiger partial charge on any atom is 0.163 e. The SMILES string of the molecule is Cc1ccc(C(O)(C[NH2+]Cc2ccccc2)c2ccc(Br)cc2)cc1. The van der Waals surface area contributed by atoms with E-state index < -0.39 is 5.60 Å². The van der Waals surface area contributed by atoms with Crippen LogP contribution in [0, 0.1) is 6.92 Å². The van der Waals surface area contributed by atoms with Gasteiger partial charge in [-0.25, -0.2) is 0 Å². The second kappa shape index (κ2) is 7.96. The molecule has 0 aliphatic rings. The highest BCUT2D eigenvalue weighted by molar-refractivity contribution is 9.10. The number of benzene rings is 3. The van der Waals surface area contributed by atoms with Gasteiger partial charge in [-0.05, 0) is 30.2 Å². The molecular formula is C22H23BrNO+. The summed E-state index contributed by atoms with van der Waals surface area (Å²) in [6, 6.07) is 26.4. The molecule has 0 aromatic heterocycles. The Morgan fingerprint density at radius 3 is 2.00 bits per heavy atom. The van der Waals surface area contributed by atoms with Crippen molar-refractivity contribution in [3.63, 3.8) is 0 Å². The van der Waals surface area contributed by atoms with Crippen LogP contribution >= 0.6 is 15.9 Å². The van der Waals surface area contributed by atoms with Gasteiger partial charge in [0.25, 0.3) is 0 Å². The van der Waals surface area contributed by atoms with Crippen LogP contribution in [0.15, 0.2) is 83.3 Å². The molecule has 2 nitrogen and oxygen atoms in total. The van der Waals surface area contributed by atoms with Crippen LogP contribution in [-0.4, -0.2) is 11.7 Å². The number of aryl methyl sites for hydroxylation is 1. The highest BCUT2D eigenvalue weighted by Crippen LogP contribution is 2.29. The van der Waals surface area contributed by atoms with Crippen molar-refractivity contribution in [2.45, 2.75) is 19.1 Å². The number of aliphatic hydroxyl groups is 1. The molecule has 0 amide bonds. The van der Waals surface area contributed by atoms with Gasteiger partial charge in [-0.3, -0.25) is 0 Å². The topological polar surface area (TPSA) is 36.8 Å². The molecule has 1 atom stereocenters. The summed E-state index contributed by atoms with van der Waals surface area (Å²) in [6.07, 6.45) is 0. The Bertz CT molecular complexity index is 752. The molecule has 0 spiro atoms. The molecule has 0 aliphatic carbocycles. The second-order valence-electron chi connectivity index (χ2n) is 6.42. The van der Waals surface area contributed by atoms with E-state index in [2.05, 4.69) is 52.4 Å². The van der Waals surface area contributed by atoms with Crippen molar-refractivity contribution in [1.29, 1.82) is 0 Å². The van der Waals surface area contributed by atoms with Crippen LogP contribution in [0.25, 0.3) is 0 Å². The third-order valence-electron chi connectivity index (χ3n) is 4.51. The largest absolute Gasteiger partial charge is 0.375 e. The van der Waals surface area contributed by atoms with Crippen LogP contribution in [0.4, 0.5) is 0 Å². The van der Waals surface area contributed by atoms with Crippen LogP contribution in [-0.2, 0) is 12.1 Å². The Hall–Kier alpha value is -1.94. The molecule has 3 heteroatoms. The van der Waals surface area contributed by atoms with Gasteiger partial charge < -0.3 is 10.4 Å². The molecular weight excluding hydrogens is 374 g/mol. The summed E-state index contributed by atoms with van der Waals surface area (Å²) < 4.78 is 1.01. The standard InChI is InChI=1S/C22H22BrNO/c1-17-7-9-19(10-8-17)22(25,20-11-13-21(23)14-12-20)16-24-15-18-5-3-2-4-6-18/h2-14,24-25H,15-16H2,1H3/p+1. The number of hydrogen-bond acceptors (Lipinski definition) is 1. The van der Waals surface area contributed by atoms with Crippen molar-refractivity contribution in [2.75, 3.05) is 6.54 Å². The van der Waals surface area contributed by atoms with Crippen molar-refractivity contribution < 1.29 is 10.4 Å². The minimum absolute atomic E-state index is 0.562. The first-order chi connectivity index (χ1) is 12.1. The lowest BCUT2D eigenvalue weighted by atomic mass is 9.86. The average Bonchev–Trinajstić information content (AvgIpc) is 2.63. The summed E-state index contributed by atoms with van der Waals surface area (Å²) in [7, 11) is 0. The summed E-state index contributed by atoms with van der Waals surface area (Å²) >= 11 is 3.47. The van der Waals surface area contributed by atoms with Gasteiger partial charge in [-0.2, -0.15) is 0 Å². The Morgan fingerprint density at radius 2 is 1.40 bits per heavy atom. The molecule has 1 unspecified atom stereocenters. The molecule has 3 N–H and O–H groups in total. The molecule has 128 valence electrons. The zero-order valence-corrected chi connectivity index (χ0v) is 15.9. The van der Waals surface area contributed by atoms with Crippen molar-refractivity contribution in [1.82, 2.24) is 0 Å². The van der Waals surface area contributed by atoms with E-state index in [1.54, 1.807) is 0 Å². The summed E-state index contributed by atoms with van der Waals surface area (Å²) in [6.45, 7) is 3.46. The normalized spacial score (nSPS) is 13.4. The minimum Gasteiger partial charge on any atom is -0.375 e. The van der Waals surface area contributed by atoms with E-state index in [9.17, 15) is 5.11 Å². The molecule has 0 fully saturated rings. The number of hydrogen-bond donors (Lipinski definition) is 2. The molecule has 3 aromatic rings. The average molecular weight is 397 g/mol. The summed E-state index contributed by atoms with van der Waals surface area (Å²) in [5, 5.41) is 13.7. The van der Waals surface area contributed by atoms with Crippen LogP contribution in [0.3, 0.4) is 0 Å². The molecule has 0 heterocycles. The Labute approximate surface area is 157 Å². The minimum atomic E-state index is -1.02. The first-order valence-electron chi connectivity index (χ1n) is 8.49. The number of rotatable bonds is 6. The number of halogens is 1. The summed E-state index contributed by atoms with van der Waals surface area (Å²) in [5.41, 5.74) is 3.25. The van der Waals surface area contributed by atoms with E-state index in [0.717, 1.165) is 22.1 Å². The Morgan fingerprint density at radius 1 is 0.840 bits per heavy atom. The number of nitrogens with two attached hydrogens (primary N) is 1. The molecule has 0 radical (unpaired) electrons. The lowest BCUT2D eigenvalue weighted by molar-refractivity contribution is -0.682. The Kier molecular flexibility index (Phi) is 5.69. The monoisotopic (exact) mass is 396 g/mol. The molecule has 25 heavy (non-hydrogen) atoms. The third-order valence-corrected chi connectivity index (χ3v) is 5.04. The maximum absolute atomic E-state index is 11.6. The smallest absolute Gasteiger partial charge is 0.163 e. The first kappa shape index (κ1) is 17.9. The second-order valence-corrected chi connectivity index (χ2v) is 7.33. The van der Waals surface area contributed by atoms with E-state index in [1.165, 1.54) is 11.1 Å². The highest BCUT2D eigenvalue weighted by atomic mass is 79.9. The van der Waals surface area contributed by atoms with Crippen molar-refractivity contribution in [2.24, 2.45) is 0 Å². The van der Waals surface area contributed by atoms with E-state index in [1.807, 2.05) is 54.6 Å². The fourth-order valence-corrected chi connectivity index (χ4v) is 3.28. The van der Waals surface area contributed by atoms with Crippen LogP contribution in [0.2, 0.25) is 0 Å². The molecule has 3 aromatic carbocycles. The molecule has 0 saturated heterocycles. The maximum atomic E-state index is 11.6. The van der Waals surface area contributed by atoms with E-state index >= 15 is 0 Å². The summed E-state index contributed by atoms with van der Waals surface area (Å²) in [4.78, 5) is 0. The molecule has 3 rings (SSSR count). The predicted molar refractivity (Wildman–Crippen MR) is 105 cm³/mol. The van der Waals surface area contributed by atoms with Crippen LogP contribution < -0.4 is 5.32 Å². The van der Waals surface area contributed by atoms with Gasteiger partial charge in [-0.1, -0.05) is 88.2 Å². The van der Waals surface area contributed by atoms with Gasteiger partial charge in [0.05, 0.1) is 0 Å². The summed E-state index contributed by atoms with van der Waals surface area (Å²) in [5.74, 6) is 0. The van der Waals surface area contributed by atoms with Gasteiger partial charge in [-0.15, -0.1) is 0 Å². The zero-order valence-electron chi connectivity index (χ0n) is 14.3. The van der Waals surface area contributed by atoms with E-state index in [0.29, 0.717) is 6.54 Å². The lowest BCUT2D eigenvalue weighted by Gasteiger charge is -2.28. The quantitative estimate of drug-likeness (QED) is 0.653. The van der Waals surface area contributed by atoms with Gasteiger partial charge in [0.15, 0.2) is 5.60 Å². The van der Waals surface area contributed by atoms with Crippen molar-refractivity contribution in [3.8, 4) is 0 Å². The fourth-order valence-electron chi connectivity index (χ4n) is 3.02. The van der Waals surface area contributed by atoms with Crippen molar-refractivity contribution >= 4 is 15.9 Å². The molecule has 0 aliphatic heterocycles. The highest BCUT2D eigenvalue weighted by Gasteiger charge is 2.33. The van der Waals surface area contributed by atoms with Crippen molar-refractivity contribution in [3.05, 3.63) is 106 Å². The van der Waals surface area contributed by atoms with Gasteiger partial charge in [0.2, 0.25) is 0 Å². The Balaban J connectivity index is 1.86. The van der Waals surface area contributed by atoms with Gasteiger partial charge in [0.1, 0.15) is 13.1 Å². The van der Waals surface area contributed by atoms with Gasteiger partial charge in [0, 0.05) is 10.0 Å². The zero-order chi connectivity index (χ0) is 17.7. The lowest BCUT2D eigenvalue weighted by Crippen LogP contribution is -2.86. The van der Waals surface area contributed by atoms with Gasteiger partial charge >= 0.3 is 0 Å². The number of quaternary nitrogens is 1. The predicted octanol–water partition coefficient (Wildman–Crippen LogP) is 3.76. The van der Waals surface area contributed by atoms with E-state index in [-0.39, 0.29) is 0 Å². The first-order valence-corrected chi connectivity index (χ1v) is 9.28. The molecule has 0 bridgehead atoms. The van der Waals surface area contributed by atoms with Crippen LogP contribution in [0.1, 0.15) is 22.3 Å². The molecule has 0 saturated carbocycles. The van der Waals surface area contributed by atoms with E-state index in [4.69, 9.17) is 0 Å².